The molecule has 1 atom stereocenters. The zero-order chi connectivity index (χ0) is 14.5. The second kappa shape index (κ2) is 6.12. The van der Waals surface area contributed by atoms with Gasteiger partial charge in [-0.3, -0.25) is 0 Å². The van der Waals surface area contributed by atoms with Gasteiger partial charge in [-0.1, -0.05) is 24.3 Å². The highest BCUT2D eigenvalue weighted by atomic mass is 16.5. The standard InChI is InChI=1S/C17H18N2O/c1-12-5-4-6-17(16(12)11-18)19-13(2)14-7-9-15(20-3)10-8-14/h4-10,13,19H,1-3H3. The van der Waals surface area contributed by atoms with Gasteiger partial charge in [0.05, 0.1) is 18.4 Å². The molecule has 0 aliphatic heterocycles. The lowest BCUT2D eigenvalue weighted by atomic mass is 10.0. The Balaban J connectivity index is 2.21. The molecule has 1 N–H and O–H groups in total. The van der Waals surface area contributed by atoms with Crippen molar-refractivity contribution in [3.05, 3.63) is 59.2 Å². The van der Waals surface area contributed by atoms with Crippen LogP contribution in [0.25, 0.3) is 0 Å². The molecule has 0 bridgehead atoms. The SMILES string of the molecule is COc1ccc(C(C)Nc2cccc(C)c2C#N)cc1. The third-order valence-corrected chi connectivity index (χ3v) is 3.37. The molecule has 3 nitrogen and oxygen atoms in total. The Morgan fingerprint density at radius 1 is 1.15 bits per heavy atom. The zero-order valence-electron chi connectivity index (χ0n) is 12.0. The monoisotopic (exact) mass is 266 g/mol. The molecule has 0 radical (unpaired) electrons. The molecule has 1 unspecified atom stereocenters. The van der Waals surface area contributed by atoms with Gasteiger partial charge in [0.25, 0.3) is 0 Å². The first kappa shape index (κ1) is 14.0. The average molecular weight is 266 g/mol. The summed E-state index contributed by atoms with van der Waals surface area (Å²) < 4.78 is 5.16. The average Bonchev–Trinajstić information content (AvgIpc) is 2.47. The van der Waals surface area contributed by atoms with E-state index in [1.54, 1.807) is 7.11 Å². The number of nitrogens with zero attached hydrogens (tertiary/aromatic N) is 1. The topological polar surface area (TPSA) is 45.0 Å². The first-order valence-corrected chi connectivity index (χ1v) is 6.56. The summed E-state index contributed by atoms with van der Waals surface area (Å²) in [6, 6.07) is 16.1. The molecular weight excluding hydrogens is 248 g/mol. The quantitative estimate of drug-likeness (QED) is 0.908. The number of anilines is 1. The number of hydrogen-bond acceptors (Lipinski definition) is 3. The molecule has 0 fully saturated rings. The molecule has 102 valence electrons. The molecule has 0 aliphatic carbocycles. The Kier molecular flexibility index (Phi) is 4.27. The second-order valence-corrected chi connectivity index (χ2v) is 4.75. The highest BCUT2D eigenvalue weighted by molar-refractivity contribution is 5.61. The molecule has 2 aromatic carbocycles. The van der Waals surface area contributed by atoms with Gasteiger partial charge in [0, 0.05) is 6.04 Å². The first-order valence-electron chi connectivity index (χ1n) is 6.56. The molecule has 0 aliphatic rings. The van der Waals surface area contributed by atoms with Crippen molar-refractivity contribution in [1.29, 1.82) is 5.26 Å². The number of benzene rings is 2. The number of hydrogen-bond donors (Lipinski definition) is 1. The molecule has 0 spiro atoms. The van der Waals surface area contributed by atoms with Crippen LogP contribution in [-0.4, -0.2) is 7.11 Å². The molecule has 0 aromatic heterocycles. The molecule has 20 heavy (non-hydrogen) atoms. The van der Waals surface area contributed by atoms with Gasteiger partial charge in [-0.05, 0) is 43.2 Å². The van der Waals surface area contributed by atoms with Gasteiger partial charge in [-0.25, -0.2) is 0 Å². The van der Waals surface area contributed by atoms with Gasteiger partial charge in [-0.2, -0.15) is 5.26 Å². The Morgan fingerprint density at radius 2 is 1.85 bits per heavy atom. The third-order valence-electron chi connectivity index (χ3n) is 3.37. The number of aryl methyl sites for hydroxylation is 1. The van der Waals surface area contributed by atoms with Crippen molar-refractivity contribution in [3.8, 4) is 11.8 Å². The van der Waals surface area contributed by atoms with Crippen LogP contribution in [-0.2, 0) is 0 Å². The summed E-state index contributed by atoms with van der Waals surface area (Å²) in [5, 5.41) is 12.6. The normalized spacial score (nSPS) is 11.5. The van der Waals surface area contributed by atoms with Crippen molar-refractivity contribution in [2.45, 2.75) is 19.9 Å². The van der Waals surface area contributed by atoms with Gasteiger partial charge in [-0.15, -0.1) is 0 Å². The van der Waals surface area contributed by atoms with Crippen molar-refractivity contribution >= 4 is 5.69 Å². The Bertz CT molecular complexity index is 626. The van der Waals surface area contributed by atoms with Crippen molar-refractivity contribution in [1.82, 2.24) is 0 Å². The molecule has 0 amide bonds. The van der Waals surface area contributed by atoms with Crippen LogP contribution in [0.1, 0.15) is 29.7 Å². The molecule has 2 rings (SSSR count). The van der Waals surface area contributed by atoms with Crippen LogP contribution in [0.2, 0.25) is 0 Å². The third kappa shape index (κ3) is 2.92. The lowest BCUT2D eigenvalue weighted by molar-refractivity contribution is 0.414. The minimum absolute atomic E-state index is 0.120. The van der Waals surface area contributed by atoms with Crippen molar-refractivity contribution in [3.63, 3.8) is 0 Å². The van der Waals surface area contributed by atoms with Crippen LogP contribution < -0.4 is 10.1 Å². The summed E-state index contributed by atoms with van der Waals surface area (Å²) in [6.45, 7) is 4.02. The van der Waals surface area contributed by atoms with E-state index in [0.717, 1.165) is 22.6 Å². The van der Waals surface area contributed by atoms with Crippen LogP contribution in [0, 0.1) is 18.3 Å². The maximum Gasteiger partial charge on any atom is 0.118 e. The Hall–Kier alpha value is -2.47. The fraction of sp³-hybridized carbons (Fsp3) is 0.235. The second-order valence-electron chi connectivity index (χ2n) is 4.75. The van der Waals surface area contributed by atoms with Crippen LogP contribution in [0.15, 0.2) is 42.5 Å². The zero-order valence-corrected chi connectivity index (χ0v) is 12.0. The number of nitrogens with one attached hydrogen (secondary N) is 1. The Labute approximate surface area is 119 Å². The summed E-state index contributed by atoms with van der Waals surface area (Å²) >= 11 is 0. The van der Waals surface area contributed by atoms with Crippen molar-refractivity contribution < 1.29 is 4.74 Å². The fourth-order valence-corrected chi connectivity index (χ4v) is 2.15. The van der Waals surface area contributed by atoms with E-state index in [9.17, 15) is 5.26 Å². The number of nitriles is 1. The van der Waals surface area contributed by atoms with Crippen molar-refractivity contribution in [2.24, 2.45) is 0 Å². The van der Waals surface area contributed by atoms with Crippen LogP contribution in [0.5, 0.6) is 5.75 Å². The van der Waals surface area contributed by atoms with E-state index < -0.39 is 0 Å². The highest BCUT2D eigenvalue weighted by Gasteiger charge is 2.09. The van der Waals surface area contributed by atoms with E-state index >= 15 is 0 Å². The molecule has 3 heteroatoms. The first-order chi connectivity index (χ1) is 9.65. The van der Waals surface area contributed by atoms with E-state index in [1.165, 1.54) is 0 Å². The predicted octanol–water partition coefficient (Wildman–Crippen LogP) is 4.05. The smallest absolute Gasteiger partial charge is 0.118 e. The van der Waals surface area contributed by atoms with Gasteiger partial charge in [0.1, 0.15) is 11.8 Å². The molecule has 0 saturated carbocycles. The molecule has 0 heterocycles. The summed E-state index contributed by atoms with van der Waals surface area (Å²) in [4.78, 5) is 0. The minimum Gasteiger partial charge on any atom is -0.497 e. The Morgan fingerprint density at radius 3 is 2.45 bits per heavy atom. The molecular formula is C17H18N2O. The predicted molar refractivity (Wildman–Crippen MR) is 80.9 cm³/mol. The van der Waals surface area contributed by atoms with E-state index in [4.69, 9.17) is 4.74 Å². The van der Waals surface area contributed by atoms with E-state index in [2.05, 4.69) is 18.3 Å². The summed E-state index contributed by atoms with van der Waals surface area (Å²) in [7, 11) is 1.66. The lowest BCUT2D eigenvalue weighted by Gasteiger charge is -2.17. The van der Waals surface area contributed by atoms with Crippen LogP contribution >= 0.6 is 0 Å². The maximum atomic E-state index is 9.24. The maximum absolute atomic E-state index is 9.24. The number of methoxy groups -OCH3 is 1. The van der Waals surface area contributed by atoms with Crippen LogP contribution in [0.4, 0.5) is 5.69 Å². The lowest BCUT2D eigenvalue weighted by Crippen LogP contribution is -2.08. The van der Waals surface area contributed by atoms with E-state index in [0.29, 0.717) is 5.56 Å². The summed E-state index contributed by atoms with van der Waals surface area (Å²) in [5.41, 5.74) is 3.71. The number of rotatable bonds is 4. The minimum atomic E-state index is 0.120. The van der Waals surface area contributed by atoms with Gasteiger partial charge in [0.2, 0.25) is 0 Å². The number of ether oxygens (including phenoxy) is 1. The summed E-state index contributed by atoms with van der Waals surface area (Å²) in [5.74, 6) is 0.842. The largest absolute Gasteiger partial charge is 0.497 e. The fourth-order valence-electron chi connectivity index (χ4n) is 2.15. The van der Waals surface area contributed by atoms with Gasteiger partial charge in [0.15, 0.2) is 0 Å². The van der Waals surface area contributed by atoms with Crippen molar-refractivity contribution in [2.75, 3.05) is 12.4 Å². The summed E-state index contributed by atoms with van der Waals surface area (Å²) in [6.07, 6.45) is 0. The highest BCUT2D eigenvalue weighted by Crippen LogP contribution is 2.25. The van der Waals surface area contributed by atoms with E-state index in [-0.39, 0.29) is 6.04 Å². The van der Waals surface area contributed by atoms with Gasteiger partial charge >= 0.3 is 0 Å². The molecule has 0 saturated heterocycles. The van der Waals surface area contributed by atoms with Crippen LogP contribution in [0.3, 0.4) is 0 Å². The molecule has 2 aromatic rings. The van der Waals surface area contributed by atoms with E-state index in [1.807, 2.05) is 49.4 Å². The van der Waals surface area contributed by atoms with Gasteiger partial charge < -0.3 is 10.1 Å².